The highest BCUT2D eigenvalue weighted by Crippen LogP contribution is 2.54. The number of fused-ring (bicyclic) bond motifs is 2. The molecule has 10 nitrogen and oxygen atoms in total. The van der Waals surface area contributed by atoms with Gasteiger partial charge >= 0.3 is 10.8 Å². The Morgan fingerprint density at radius 1 is 0.952 bits per heavy atom. The van der Waals surface area contributed by atoms with Gasteiger partial charge in [-0.25, -0.2) is 9.69 Å². The van der Waals surface area contributed by atoms with E-state index in [1.54, 1.807) is 36.1 Å². The number of thioether (sulfide) groups is 1. The summed E-state index contributed by atoms with van der Waals surface area (Å²) in [5, 5.41) is 9.62. The minimum Gasteiger partial charge on any atom is -0.508 e. The zero-order chi connectivity index (χ0) is 29.5. The monoisotopic (exact) mass is 607 g/mol. The van der Waals surface area contributed by atoms with Gasteiger partial charge in [-0.05, 0) is 68.1 Å². The zero-order valence-electron chi connectivity index (χ0n) is 22.9. The SMILES string of the molecule is CCOC(=O)c1ccc(N2C(=O)C3Sc4c(sc(=O)n4CC(=O)N4CCCCC4)C(c4ccc(O)cc4)C3C2=O)cc1. The lowest BCUT2D eigenvalue weighted by molar-refractivity contribution is -0.133. The summed E-state index contributed by atoms with van der Waals surface area (Å²) < 4.78 is 6.48. The number of rotatable bonds is 6. The molecule has 1 aromatic heterocycles. The molecule has 1 N–H and O–H groups in total. The van der Waals surface area contributed by atoms with Crippen LogP contribution in [0.2, 0.25) is 0 Å². The van der Waals surface area contributed by atoms with Crippen molar-refractivity contribution in [3.05, 3.63) is 74.2 Å². The number of ether oxygens (including phenoxy) is 1. The van der Waals surface area contributed by atoms with Gasteiger partial charge in [0.2, 0.25) is 17.7 Å². The summed E-state index contributed by atoms with van der Waals surface area (Å²) in [6.07, 6.45) is 2.93. The fraction of sp³-hybridized carbons (Fsp3) is 0.367. The van der Waals surface area contributed by atoms with Crippen molar-refractivity contribution in [2.45, 2.75) is 48.9 Å². The number of benzene rings is 2. The third kappa shape index (κ3) is 4.92. The Hall–Kier alpha value is -3.90. The van der Waals surface area contributed by atoms with E-state index in [4.69, 9.17) is 4.74 Å². The van der Waals surface area contributed by atoms with E-state index in [9.17, 15) is 29.1 Å². The smallest absolute Gasteiger partial charge is 0.338 e. The van der Waals surface area contributed by atoms with Crippen LogP contribution >= 0.6 is 23.1 Å². The minimum absolute atomic E-state index is 0.0516. The van der Waals surface area contributed by atoms with Crippen molar-refractivity contribution in [1.82, 2.24) is 9.47 Å². The van der Waals surface area contributed by atoms with Crippen molar-refractivity contribution in [1.29, 1.82) is 0 Å². The number of imide groups is 1. The Balaban J connectivity index is 1.38. The Kier molecular flexibility index (Phi) is 7.67. The van der Waals surface area contributed by atoms with Crippen molar-refractivity contribution in [3.8, 4) is 5.75 Å². The molecule has 3 aromatic rings. The van der Waals surface area contributed by atoms with Crippen LogP contribution in [-0.4, -0.2) is 63.2 Å². The van der Waals surface area contributed by atoms with Crippen molar-refractivity contribution < 1.29 is 29.0 Å². The number of carbonyl (C=O) groups excluding carboxylic acids is 4. The van der Waals surface area contributed by atoms with Crippen molar-refractivity contribution in [3.63, 3.8) is 0 Å². The topological polar surface area (TPSA) is 126 Å². The van der Waals surface area contributed by atoms with Gasteiger partial charge in [0.25, 0.3) is 0 Å². The maximum Gasteiger partial charge on any atom is 0.338 e. The van der Waals surface area contributed by atoms with E-state index in [0.29, 0.717) is 39.8 Å². The third-order valence-electron chi connectivity index (χ3n) is 7.94. The number of phenolic OH excluding ortho intramolecular Hbond substituents is 1. The van der Waals surface area contributed by atoms with Crippen LogP contribution in [0.1, 0.15) is 52.9 Å². The number of hydrogen-bond acceptors (Lipinski definition) is 9. The lowest BCUT2D eigenvalue weighted by Crippen LogP contribution is -2.39. The lowest BCUT2D eigenvalue weighted by Gasteiger charge is -2.31. The Labute approximate surface area is 249 Å². The summed E-state index contributed by atoms with van der Waals surface area (Å²) in [4.78, 5) is 69.7. The van der Waals surface area contributed by atoms with Crippen LogP contribution in [0, 0.1) is 5.92 Å². The van der Waals surface area contributed by atoms with Gasteiger partial charge in [0.15, 0.2) is 0 Å². The number of carbonyl (C=O) groups is 4. The number of phenols is 1. The highest BCUT2D eigenvalue weighted by Gasteiger charge is 2.56. The van der Waals surface area contributed by atoms with E-state index in [0.717, 1.165) is 47.3 Å². The molecule has 0 saturated carbocycles. The summed E-state index contributed by atoms with van der Waals surface area (Å²) >= 11 is 2.15. The molecule has 2 saturated heterocycles. The van der Waals surface area contributed by atoms with E-state index < -0.39 is 34.9 Å². The molecular weight excluding hydrogens is 578 g/mol. The Morgan fingerprint density at radius 2 is 1.64 bits per heavy atom. The molecule has 3 aliphatic heterocycles. The first-order chi connectivity index (χ1) is 20.3. The van der Waals surface area contributed by atoms with Crippen LogP contribution in [0.25, 0.3) is 0 Å². The number of esters is 1. The summed E-state index contributed by atoms with van der Waals surface area (Å²) in [6.45, 7) is 3.12. The van der Waals surface area contributed by atoms with Gasteiger partial charge in [-0.3, -0.25) is 23.7 Å². The van der Waals surface area contributed by atoms with Gasteiger partial charge < -0.3 is 14.7 Å². The fourth-order valence-electron chi connectivity index (χ4n) is 5.89. The van der Waals surface area contributed by atoms with Crippen LogP contribution < -0.4 is 9.77 Å². The molecule has 3 amide bonds. The second-order valence-electron chi connectivity index (χ2n) is 10.5. The van der Waals surface area contributed by atoms with Gasteiger partial charge in [0.05, 0.1) is 28.8 Å². The minimum atomic E-state index is -0.834. The second kappa shape index (κ2) is 11.4. The molecule has 2 fully saturated rings. The third-order valence-corrected chi connectivity index (χ3v) is 10.5. The number of likely N-dealkylation sites (tertiary alicyclic amines) is 1. The molecule has 0 spiro atoms. The molecule has 4 heterocycles. The number of hydrogen-bond donors (Lipinski definition) is 1. The zero-order valence-corrected chi connectivity index (χ0v) is 24.5. The van der Waals surface area contributed by atoms with Crippen LogP contribution in [0.4, 0.5) is 5.69 Å². The van der Waals surface area contributed by atoms with Crippen LogP contribution in [-0.2, 0) is 25.7 Å². The summed E-state index contributed by atoms with van der Waals surface area (Å²) in [5.74, 6) is -2.87. The Morgan fingerprint density at radius 3 is 2.31 bits per heavy atom. The number of anilines is 1. The summed E-state index contributed by atoms with van der Waals surface area (Å²) in [6, 6.07) is 12.5. The quantitative estimate of drug-likeness (QED) is 0.333. The van der Waals surface area contributed by atoms with Gasteiger partial charge in [-0.1, -0.05) is 35.2 Å². The van der Waals surface area contributed by atoms with Crippen molar-refractivity contribution in [2.24, 2.45) is 5.92 Å². The number of thiazole rings is 1. The molecule has 6 rings (SSSR count). The Bertz CT molecular complexity index is 1610. The molecule has 0 radical (unpaired) electrons. The summed E-state index contributed by atoms with van der Waals surface area (Å²) in [7, 11) is 0. The average molecular weight is 608 g/mol. The highest BCUT2D eigenvalue weighted by atomic mass is 32.2. The standard InChI is InChI=1S/C30H29N3O7S2/c1-2-40-29(38)18-6-10-19(11-7-18)33-26(36)23-22(17-8-12-20(34)13-9-17)25-28(41-24(23)27(33)37)32(30(39)42-25)16-21(35)31-14-4-3-5-15-31/h6-13,22-24,34H,2-5,14-16H2,1H3. The molecule has 3 unspecified atom stereocenters. The first kappa shape index (κ1) is 28.2. The van der Waals surface area contributed by atoms with Gasteiger partial charge in [0.1, 0.15) is 17.5 Å². The maximum absolute atomic E-state index is 14.0. The van der Waals surface area contributed by atoms with E-state index >= 15 is 0 Å². The van der Waals surface area contributed by atoms with Gasteiger partial charge in [-0.2, -0.15) is 0 Å². The molecule has 2 aromatic carbocycles. The first-order valence-electron chi connectivity index (χ1n) is 13.9. The van der Waals surface area contributed by atoms with Crippen LogP contribution in [0.3, 0.4) is 0 Å². The number of aromatic nitrogens is 1. The van der Waals surface area contributed by atoms with E-state index in [-0.39, 0.29) is 29.7 Å². The number of aromatic hydroxyl groups is 1. The molecular formula is C30H29N3O7S2. The van der Waals surface area contributed by atoms with E-state index in [1.165, 1.54) is 28.8 Å². The van der Waals surface area contributed by atoms with Crippen LogP contribution in [0.15, 0.2) is 58.4 Å². The van der Waals surface area contributed by atoms with Crippen molar-refractivity contribution >= 4 is 52.5 Å². The molecule has 3 aliphatic rings. The largest absolute Gasteiger partial charge is 0.508 e. The molecule has 12 heteroatoms. The first-order valence-corrected chi connectivity index (χ1v) is 15.6. The fourth-order valence-corrected chi connectivity index (χ4v) is 8.66. The molecule has 42 heavy (non-hydrogen) atoms. The predicted molar refractivity (Wildman–Crippen MR) is 157 cm³/mol. The van der Waals surface area contributed by atoms with Gasteiger partial charge in [-0.15, -0.1) is 0 Å². The number of nitrogens with zero attached hydrogens (tertiary/aromatic N) is 3. The highest BCUT2D eigenvalue weighted by molar-refractivity contribution is 8.00. The number of amides is 3. The molecule has 0 aliphatic carbocycles. The number of piperidine rings is 1. The van der Waals surface area contributed by atoms with Gasteiger partial charge in [0, 0.05) is 23.9 Å². The lowest BCUT2D eigenvalue weighted by atomic mass is 9.83. The molecule has 3 atom stereocenters. The second-order valence-corrected chi connectivity index (χ2v) is 12.6. The average Bonchev–Trinajstić information content (AvgIpc) is 3.44. The molecule has 218 valence electrons. The van der Waals surface area contributed by atoms with E-state index in [1.807, 2.05) is 0 Å². The normalized spacial score (nSPS) is 21.7. The summed E-state index contributed by atoms with van der Waals surface area (Å²) in [5.41, 5.74) is 1.32. The van der Waals surface area contributed by atoms with E-state index in [2.05, 4.69) is 0 Å². The van der Waals surface area contributed by atoms with Crippen LogP contribution in [0.5, 0.6) is 5.75 Å². The van der Waals surface area contributed by atoms with Crippen molar-refractivity contribution in [2.75, 3.05) is 24.6 Å². The maximum atomic E-state index is 14.0. The predicted octanol–water partition coefficient (Wildman–Crippen LogP) is 3.60. The molecule has 0 bridgehead atoms.